The zero-order valence-corrected chi connectivity index (χ0v) is 5.02. The summed E-state index contributed by atoms with van der Waals surface area (Å²) in [5, 5.41) is 18.8. The summed E-state index contributed by atoms with van der Waals surface area (Å²) in [6.45, 7) is 0. The molecule has 0 heterocycles. The average molecular weight is 181 g/mol. The number of phenols is 1. The average Bonchev–Trinajstić information content (AvgIpc) is 1.88. The molecule has 1 aromatic carbocycles. The van der Waals surface area contributed by atoms with E-state index in [0.29, 0.717) is 0 Å². The van der Waals surface area contributed by atoms with E-state index in [9.17, 15) is 10.1 Å². The second-order valence-electron chi connectivity index (χ2n) is 1.77. The van der Waals surface area contributed by atoms with E-state index < -0.39 is 4.92 Å². The molecule has 0 radical (unpaired) electrons. The van der Waals surface area contributed by atoms with Gasteiger partial charge in [-0.15, -0.1) is 0 Å². The maximum absolute atomic E-state index is 10.0. The first kappa shape index (κ1) is 10.7. The van der Waals surface area contributed by atoms with E-state index in [2.05, 4.69) is 0 Å². The second-order valence-corrected chi connectivity index (χ2v) is 1.77. The summed E-state index contributed by atoms with van der Waals surface area (Å²) < 4.78 is 0. The maximum atomic E-state index is 10.0. The Kier molecular flexibility index (Phi) is 4.40. The van der Waals surface area contributed by atoms with Crippen LogP contribution < -0.4 is 0 Å². The van der Waals surface area contributed by atoms with Crippen LogP contribution in [-0.4, -0.2) is 47.8 Å². The van der Waals surface area contributed by atoms with Crippen molar-refractivity contribution < 1.29 is 10.0 Å². The number of rotatable bonds is 1. The number of hydrogen-bond donors (Lipinski definition) is 1. The molecule has 0 amide bonds. The quantitative estimate of drug-likeness (QED) is 0.387. The van der Waals surface area contributed by atoms with Gasteiger partial charge in [0.1, 0.15) is 5.75 Å². The molecule has 0 spiro atoms. The molecule has 0 saturated heterocycles. The van der Waals surface area contributed by atoms with E-state index in [1.807, 2.05) is 0 Å². The molecule has 0 aliphatic carbocycles. The van der Waals surface area contributed by atoms with Crippen LogP contribution >= 0.6 is 0 Å². The first-order chi connectivity index (χ1) is 4.70. The number of benzene rings is 1. The first-order valence-corrected chi connectivity index (χ1v) is 2.63. The molecule has 0 aromatic heterocycles. The topological polar surface area (TPSA) is 63.4 Å². The number of phenolic OH excluding ortho intramolecular Hbond substituents is 1. The fourth-order valence-corrected chi connectivity index (χ4v) is 0.574. The number of aromatic hydroxyl groups is 1. The summed E-state index contributed by atoms with van der Waals surface area (Å²) in [7, 11) is 0. The molecule has 0 bridgehead atoms. The van der Waals surface area contributed by atoms with Gasteiger partial charge in [0.05, 0.1) is 4.92 Å². The van der Waals surface area contributed by atoms with E-state index in [1.165, 1.54) is 24.3 Å². The molecule has 0 saturated carbocycles. The van der Waals surface area contributed by atoms with Crippen molar-refractivity contribution in [3.05, 3.63) is 34.4 Å². The van der Waals surface area contributed by atoms with Crippen molar-refractivity contribution in [2.75, 3.05) is 0 Å². The van der Waals surface area contributed by atoms with Gasteiger partial charge in [-0.05, 0) is 12.1 Å². The molecule has 0 unspecified atom stereocenters. The molecule has 0 aliphatic heterocycles. The van der Waals surface area contributed by atoms with Gasteiger partial charge in [-0.25, -0.2) is 0 Å². The van der Waals surface area contributed by atoms with Gasteiger partial charge < -0.3 is 5.11 Å². The van der Waals surface area contributed by atoms with Gasteiger partial charge in [0, 0.05) is 12.1 Å². The van der Waals surface area contributed by atoms with Crippen LogP contribution in [-0.2, 0) is 0 Å². The van der Waals surface area contributed by atoms with Crippen LogP contribution in [0.25, 0.3) is 0 Å². The van der Waals surface area contributed by atoms with Gasteiger partial charge in [0.2, 0.25) is 0 Å². The standard InChI is InChI=1S/C6H5NO3.Ca.2H/c8-6-3-1-5(2-4-6)7(9)10;;;/h1-4,8H;;;. The molecule has 1 rings (SSSR count). The third-order valence-electron chi connectivity index (χ3n) is 1.06. The third-order valence-corrected chi connectivity index (χ3v) is 1.06. The van der Waals surface area contributed by atoms with Crippen LogP contribution in [0.4, 0.5) is 5.69 Å². The van der Waals surface area contributed by atoms with Crippen molar-refractivity contribution in [1.29, 1.82) is 0 Å². The summed E-state index contributed by atoms with van der Waals surface area (Å²) >= 11 is 0. The molecule has 4 nitrogen and oxygen atoms in total. The van der Waals surface area contributed by atoms with Crippen molar-refractivity contribution in [3.63, 3.8) is 0 Å². The summed E-state index contributed by atoms with van der Waals surface area (Å²) in [4.78, 5) is 9.52. The number of nitrogens with zero attached hydrogens (tertiary/aromatic N) is 1. The van der Waals surface area contributed by atoms with Gasteiger partial charge in [0.15, 0.2) is 0 Å². The minimum atomic E-state index is -0.514. The molecule has 5 heteroatoms. The predicted molar refractivity (Wildman–Crippen MR) is 43.3 cm³/mol. The summed E-state index contributed by atoms with van der Waals surface area (Å²) in [5.74, 6) is 0.0330. The van der Waals surface area contributed by atoms with Crippen molar-refractivity contribution in [2.24, 2.45) is 0 Å². The molecular formula is C6H7CaNO3. The van der Waals surface area contributed by atoms with Gasteiger partial charge in [0.25, 0.3) is 5.69 Å². The third kappa shape index (κ3) is 3.05. The van der Waals surface area contributed by atoms with Crippen molar-refractivity contribution in [1.82, 2.24) is 0 Å². The van der Waals surface area contributed by atoms with E-state index in [4.69, 9.17) is 5.11 Å². The van der Waals surface area contributed by atoms with Gasteiger partial charge in [-0.2, -0.15) is 0 Å². The van der Waals surface area contributed by atoms with E-state index in [1.54, 1.807) is 0 Å². The first-order valence-electron chi connectivity index (χ1n) is 2.63. The Morgan fingerprint density at radius 1 is 1.27 bits per heavy atom. The van der Waals surface area contributed by atoms with E-state index >= 15 is 0 Å². The van der Waals surface area contributed by atoms with Crippen molar-refractivity contribution >= 4 is 43.4 Å². The van der Waals surface area contributed by atoms with Gasteiger partial charge >= 0.3 is 37.7 Å². The molecule has 56 valence electrons. The Hall–Kier alpha value is -0.320. The monoisotopic (exact) mass is 181 g/mol. The van der Waals surface area contributed by atoms with Crippen molar-refractivity contribution in [3.8, 4) is 5.75 Å². The summed E-state index contributed by atoms with van der Waals surface area (Å²) in [6.07, 6.45) is 0. The number of nitro benzene ring substituents is 1. The number of nitro groups is 1. The van der Waals surface area contributed by atoms with Gasteiger partial charge in [-0.1, -0.05) is 0 Å². The summed E-state index contributed by atoms with van der Waals surface area (Å²) in [5.41, 5.74) is -0.0159. The number of hydrogen-bond acceptors (Lipinski definition) is 3. The normalized spacial score (nSPS) is 8.36. The zero-order chi connectivity index (χ0) is 7.56. The Labute approximate surface area is 93.0 Å². The Balaban J connectivity index is 0.000001000. The Morgan fingerprint density at radius 3 is 2.09 bits per heavy atom. The predicted octanol–water partition coefficient (Wildman–Crippen LogP) is 0.384. The second kappa shape index (κ2) is 4.54. The molecule has 0 fully saturated rings. The van der Waals surface area contributed by atoms with Crippen molar-refractivity contribution in [2.45, 2.75) is 0 Å². The Morgan fingerprint density at radius 2 is 1.73 bits per heavy atom. The van der Waals surface area contributed by atoms with E-state index in [0.717, 1.165) is 0 Å². The molecule has 0 atom stereocenters. The molecule has 1 aromatic rings. The van der Waals surface area contributed by atoms with Crippen LogP contribution in [0.5, 0.6) is 5.75 Å². The van der Waals surface area contributed by atoms with Crippen LogP contribution in [0.1, 0.15) is 0 Å². The fraction of sp³-hybridized carbons (Fsp3) is 0. The van der Waals surface area contributed by atoms with Gasteiger partial charge in [-0.3, -0.25) is 10.1 Å². The molecule has 11 heavy (non-hydrogen) atoms. The molecule has 1 N–H and O–H groups in total. The van der Waals surface area contributed by atoms with Crippen LogP contribution in [0, 0.1) is 10.1 Å². The van der Waals surface area contributed by atoms with Crippen LogP contribution in [0.15, 0.2) is 24.3 Å². The zero-order valence-electron chi connectivity index (χ0n) is 5.02. The number of non-ortho nitro benzene ring substituents is 1. The van der Waals surface area contributed by atoms with E-state index in [-0.39, 0.29) is 49.2 Å². The molecular weight excluding hydrogens is 174 g/mol. The minimum absolute atomic E-state index is 0. The Bertz CT molecular complexity index is 247. The van der Waals surface area contributed by atoms with Crippen LogP contribution in [0.3, 0.4) is 0 Å². The molecule has 0 aliphatic rings. The summed E-state index contributed by atoms with van der Waals surface area (Å²) in [6, 6.07) is 5.04. The SMILES string of the molecule is O=[N+]([O-])c1ccc(O)cc1.[CaH2]. The fourth-order valence-electron chi connectivity index (χ4n) is 0.574. The van der Waals surface area contributed by atoms with Crippen LogP contribution in [0.2, 0.25) is 0 Å².